The van der Waals surface area contributed by atoms with E-state index < -0.39 is 45.6 Å². The summed E-state index contributed by atoms with van der Waals surface area (Å²) in [6.07, 6.45) is 1.27. The fraction of sp³-hybridized carbons (Fsp3) is 0.0476. The minimum absolute atomic E-state index is 0.0657. The Labute approximate surface area is 172 Å². The maximum absolute atomic E-state index is 13.8. The van der Waals surface area contributed by atoms with E-state index in [9.17, 15) is 33.6 Å². The number of nitrogens with zero attached hydrogens (tertiary/aromatic N) is 2. The Bertz CT molecular complexity index is 1250. The summed E-state index contributed by atoms with van der Waals surface area (Å²) in [6.45, 7) is 0. The predicted octanol–water partition coefficient (Wildman–Crippen LogP) is 4.09. The van der Waals surface area contributed by atoms with Gasteiger partial charge in [0.15, 0.2) is 11.6 Å². The molecule has 2 aromatic carbocycles. The molecule has 0 saturated carbocycles. The molecule has 0 aliphatic carbocycles. The molecule has 1 aromatic heterocycles. The number of carbonyl (C=O) groups excluding carboxylic acids is 2. The van der Waals surface area contributed by atoms with Crippen LogP contribution in [-0.4, -0.2) is 21.7 Å². The number of Topliss-reactive ketones (excluding diaryl/α,β-unsaturated/α-hetero) is 1. The van der Waals surface area contributed by atoms with Crippen LogP contribution in [0.5, 0.6) is 0 Å². The van der Waals surface area contributed by atoms with Crippen molar-refractivity contribution in [2.45, 2.75) is 6.04 Å². The highest BCUT2D eigenvalue weighted by atomic mass is 19.2. The average Bonchev–Trinajstić information content (AvgIpc) is 3.37. The van der Waals surface area contributed by atoms with Gasteiger partial charge in [-0.3, -0.25) is 24.6 Å². The van der Waals surface area contributed by atoms with Crippen LogP contribution in [0.2, 0.25) is 0 Å². The lowest BCUT2D eigenvalue weighted by atomic mass is 9.99. The quantitative estimate of drug-likeness (QED) is 0.221. The van der Waals surface area contributed by atoms with E-state index in [0.29, 0.717) is 0 Å². The predicted molar refractivity (Wildman–Crippen MR) is 103 cm³/mol. The average molecular weight is 426 g/mol. The molecule has 31 heavy (non-hydrogen) atoms. The third-order valence-corrected chi connectivity index (χ3v) is 4.77. The van der Waals surface area contributed by atoms with Gasteiger partial charge in [-0.2, -0.15) is 0 Å². The van der Waals surface area contributed by atoms with E-state index >= 15 is 0 Å². The number of carbonyl (C=O) groups is 2. The molecule has 1 aliphatic heterocycles. The molecule has 1 unspecified atom stereocenters. The third-order valence-electron chi connectivity index (χ3n) is 4.77. The van der Waals surface area contributed by atoms with Crippen molar-refractivity contribution in [3.05, 3.63) is 99.5 Å². The Kier molecular flexibility index (Phi) is 4.82. The highest BCUT2D eigenvalue weighted by molar-refractivity contribution is 6.51. The zero-order valence-corrected chi connectivity index (χ0v) is 15.5. The van der Waals surface area contributed by atoms with Crippen LogP contribution in [0.3, 0.4) is 0 Å². The van der Waals surface area contributed by atoms with Crippen LogP contribution in [0.25, 0.3) is 5.76 Å². The molecule has 0 spiro atoms. The number of hydrogen-bond donors (Lipinski definition) is 1. The first kappa shape index (κ1) is 20.0. The van der Waals surface area contributed by atoms with Crippen molar-refractivity contribution in [3.63, 3.8) is 0 Å². The standard InChI is InChI=1S/C21H12F2N2O6/c22-14-7-6-12(10-15(14)23)24-18(16-5-2-8-31-16)17(20(27)21(24)28)19(26)11-3-1-4-13(9-11)25(29)30/h1-10,18,26H/b19-17-. The molecule has 4 rings (SSSR count). The summed E-state index contributed by atoms with van der Waals surface area (Å²) >= 11 is 0. The Balaban J connectivity index is 1.93. The van der Waals surface area contributed by atoms with E-state index in [1.54, 1.807) is 0 Å². The largest absolute Gasteiger partial charge is 0.507 e. The number of ketones is 1. The smallest absolute Gasteiger partial charge is 0.300 e. The van der Waals surface area contributed by atoms with E-state index in [-0.39, 0.29) is 22.7 Å². The van der Waals surface area contributed by atoms with Gasteiger partial charge >= 0.3 is 0 Å². The van der Waals surface area contributed by atoms with Crippen LogP contribution in [0.1, 0.15) is 17.4 Å². The van der Waals surface area contributed by atoms with Crippen LogP contribution in [0, 0.1) is 21.7 Å². The molecule has 3 aromatic rings. The summed E-state index contributed by atoms with van der Waals surface area (Å²) in [6, 6.07) is 9.12. The number of halogens is 2. The van der Waals surface area contributed by atoms with Crippen molar-refractivity contribution in [1.82, 2.24) is 0 Å². The van der Waals surface area contributed by atoms with Gasteiger partial charge in [0.05, 0.1) is 16.8 Å². The van der Waals surface area contributed by atoms with Crippen LogP contribution in [0.4, 0.5) is 20.2 Å². The minimum atomic E-state index is -1.31. The first-order valence-corrected chi connectivity index (χ1v) is 8.84. The van der Waals surface area contributed by atoms with Gasteiger partial charge in [0, 0.05) is 29.4 Å². The number of nitro benzene ring substituents is 1. The van der Waals surface area contributed by atoms with Crippen molar-refractivity contribution in [2.75, 3.05) is 4.90 Å². The summed E-state index contributed by atoms with van der Waals surface area (Å²) in [4.78, 5) is 36.9. The topological polar surface area (TPSA) is 114 Å². The third kappa shape index (κ3) is 3.33. The number of aliphatic hydroxyl groups is 1. The number of benzene rings is 2. The lowest BCUT2D eigenvalue weighted by molar-refractivity contribution is -0.384. The molecule has 1 saturated heterocycles. The lowest BCUT2D eigenvalue weighted by Gasteiger charge is -2.23. The van der Waals surface area contributed by atoms with Crippen molar-refractivity contribution >= 4 is 28.8 Å². The molecule has 2 heterocycles. The zero-order valence-electron chi connectivity index (χ0n) is 15.5. The lowest BCUT2D eigenvalue weighted by Crippen LogP contribution is -2.29. The van der Waals surface area contributed by atoms with Crippen molar-refractivity contribution in [2.24, 2.45) is 0 Å². The maximum Gasteiger partial charge on any atom is 0.300 e. The summed E-state index contributed by atoms with van der Waals surface area (Å²) in [5.74, 6) is -5.22. The molecule has 10 heteroatoms. The second-order valence-electron chi connectivity index (χ2n) is 6.59. The highest BCUT2D eigenvalue weighted by Gasteiger charge is 2.48. The van der Waals surface area contributed by atoms with Gasteiger partial charge < -0.3 is 9.52 Å². The zero-order chi connectivity index (χ0) is 22.3. The van der Waals surface area contributed by atoms with Crippen molar-refractivity contribution in [1.29, 1.82) is 0 Å². The van der Waals surface area contributed by atoms with Crippen LogP contribution < -0.4 is 4.90 Å². The Morgan fingerprint density at radius 1 is 1.06 bits per heavy atom. The highest BCUT2D eigenvalue weighted by Crippen LogP contribution is 2.42. The number of non-ortho nitro benzene ring substituents is 1. The molecule has 8 nitrogen and oxygen atoms in total. The van der Waals surface area contributed by atoms with Gasteiger partial charge in [-0.05, 0) is 24.3 Å². The molecule has 1 fully saturated rings. The van der Waals surface area contributed by atoms with Gasteiger partial charge in [0.1, 0.15) is 17.6 Å². The SMILES string of the molecule is O=C1C(=O)N(c2ccc(F)c(F)c2)C(c2ccco2)/C1=C(/O)c1cccc([N+](=O)[O-])c1. The van der Waals surface area contributed by atoms with Crippen molar-refractivity contribution < 1.29 is 32.8 Å². The molecule has 1 atom stereocenters. The summed E-state index contributed by atoms with van der Waals surface area (Å²) in [5, 5.41) is 21.9. The van der Waals surface area contributed by atoms with E-state index in [1.165, 1.54) is 36.6 Å². The second-order valence-corrected chi connectivity index (χ2v) is 6.59. The first-order valence-electron chi connectivity index (χ1n) is 8.84. The van der Waals surface area contributed by atoms with Crippen LogP contribution in [-0.2, 0) is 9.59 Å². The monoisotopic (exact) mass is 426 g/mol. The van der Waals surface area contributed by atoms with Crippen LogP contribution >= 0.6 is 0 Å². The Morgan fingerprint density at radius 3 is 2.48 bits per heavy atom. The van der Waals surface area contributed by atoms with E-state index in [0.717, 1.165) is 29.2 Å². The summed E-state index contributed by atoms with van der Waals surface area (Å²) in [7, 11) is 0. The van der Waals surface area contributed by atoms with Gasteiger partial charge in [-0.1, -0.05) is 12.1 Å². The fourth-order valence-corrected chi connectivity index (χ4v) is 3.37. The molecular weight excluding hydrogens is 414 g/mol. The van der Waals surface area contributed by atoms with Gasteiger partial charge in [-0.15, -0.1) is 0 Å². The van der Waals surface area contributed by atoms with E-state index in [4.69, 9.17) is 4.42 Å². The molecule has 1 amide bonds. The van der Waals surface area contributed by atoms with Gasteiger partial charge in [-0.25, -0.2) is 8.78 Å². The van der Waals surface area contributed by atoms with Crippen molar-refractivity contribution in [3.8, 4) is 0 Å². The van der Waals surface area contributed by atoms with Gasteiger partial charge in [0.2, 0.25) is 0 Å². The molecule has 1 N–H and O–H groups in total. The minimum Gasteiger partial charge on any atom is -0.507 e. The summed E-state index contributed by atoms with van der Waals surface area (Å²) in [5.41, 5.74) is -0.965. The number of anilines is 1. The Morgan fingerprint density at radius 2 is 1.84 bits per heavy atom. The molecule has 156 valence electrons. The number of amides is 1. The van der Waals surface area contributed by atoms with Crippen LogP contribution in [0.15, 0.2) is 70.9 Å². The molecular formula is C21H12F2N2O6. The number of hydrogen-bond acceptors (Lipinski definition) is 6. The molecule has 0 bridgehead atoms. The second kappa shape index (κ2) is 7.48. The number of rotatable bonds is 4. The first-order chi connectivity index (χ1) is 14.8. The van der Waals surface area contributed by atoms with E-state index in [1.807, 2.05) is 0 Å². The number of furan rings is 1. The number of aliphatic hydroxyl groups excluding tert-OH is 1. The maximum atomic E-state index is 13.8. The Hall–Kier alpha value is -4.34. The molecule has 0 radical (unpaired) electrons. The normalized spacial score (nSPS) is 17.9. The van der Waals surface area contributed by atoms with E-state index in [2.05, 4.69) is 0 Å². The van der Waals surface area contributed by atoms with Gasteiger partial charge in [0.25, 0.3) is 17.4 Å². The number of nitro groups is 1. The molecule has 1 aliphatic rings. The fourth-order valence-electron chi connectivity index (χ4n) is 3.37. The summed E-state index contributed by atoms with van der Waals surface area (Å²) < 4.78 is 32.5.